The highest BCUT2D eigenvalue weighted by molar-refractivity contribution is 5.12. The average Bonchev–Trinajstić information content (AvgIpc) is 2.64. The minimum atomic E-state index is 0.504. The highest BCUT2D eigenvalue weighted by atomic mass is 15.3. The largest absolute Gasteiger partial charge is 0.307 e. The number of rotatable bonds is 2. The van der Waals surface area contributed by atoms with Gasteiger partial charge < -0.3 is 5.32 Å². The second-order valence-electron chi connectivity index (χ2n) is 4.83. The molecule has 0 bridgehead atoms. The van der Waals surface area contributed by atoms with Gasteiger partial charge in [0.15, 0.2) is 0 Å². The maximum atomic E-state index is 4.34. The molecule has 0 radical (unpaired) electrons. The van der Waals surface area contributed by atoms with Gasteiger partial charge in [-0.15, -0.1) is 0 Å². The zero-order valence-electron chi connectivity index (χ0n) is 9.90. The zero-order chi connectivity index (χ0) is 10.8. The predicted octanol–water partition coefficient (Wildman–Crippen LogP) is 2.35. The van der Waals surface area contributed by atoms with Crippen molar-refractivity contribution >= 4 is 0 Å². The molecule has 2 heterocycles. The van der Waals surface area contributed by atoms with E-state index in [0.29, 0.717) is 12.1 Å². The van der Waals surface area contributed by atoms with Crippen molar-refractivity contribution in [2.75, 3.05) is 0 Å². The molecule has 0 aliphatic carbocycles. The molecule has 1 fully saturated rings. The van der Waals surface area contributed by atoms with Crippen molar-refractivity contribution in [2.24, 2.45) is 5.92 Å². The lowest BCUT2D eigenvalue weighted by Gasteiger charge is -2.32. The van der Waals surface area contributed by atoms with Gasteiger partial charge in [-0.1, -0.05) is 6.92 Å². The Balaban J connectivity index is 2.09. The van der Waals surface area contributed by atoms with Gasteiger partial charge in [0.1, 0.15) is 0 Å². The summed E-state index contributed by atoms with van der Waals surface area (Å²) >= 11 is 0. The van der Waals surface area contributed by atoms with Gasteiger partial charge in [0.2, 0.25) is 0 Å². The maximum absolute atomic E-state index is 4.34. The van der Waals surface area contributed by atoms with Crippen molar-refractivity contribution < 1.29 is 0 Å². The minimum absolute atomic E-state index is 0.504. The van der Waals surface area contributed by atoms with E-state index < -0.39 is 0 Å². The summed E-state index contributed by atoms with van der Waals surface area (Å²) in [6.07, 6.45) is 6.70. The highest BCUT2D eigenvalue weighted by Gasteiger charge is 2.24. The number of hydrogen-bond donors (Lipinski definition) is 1. The van der Waals surface area contributed by atoms with Gasteiger partial charge in [0.25, 0.3) is 0 Å². The molecule has 1 aromatic rings. The molecule has 1 aromatic heterocycles. The Morgan fingerprint density at radius 1 is 1.47 bits per heavy atom. The Bertz CT molecular complexity index is 308. The molecule has 0 amide bonds. The number of aromatic nitrogens is 2. The zero-order valence-corrected chi connectivity index (χ0v) is 9.90. The van der Waals surface area contributed by atoms with Crippen LogP contribution in [-0.2, 0) is 6.54 Å². The molecular weight excluding hydrogens is 186 g/mol. The molecule has 3 heteroatoms. The molecule has 2 rings (SSSR count). The summed E-state index contributed by atoms with van der Waals surface area (Å²) in [6.45, 7) is 7.69. The monoisotopic (exact) mass is 207 g/mol. The fraction of sp³-hybridized carbons (Fsp3) is 0.750. The van der Waals surface area contributed by atoms with Gasteiger partial charge >= 0.3 is 0 Å². The standard InChI is InChI=1S/C12H21N3/c1-4-15-8-11(7-13-15)12-6-9(2)5-10(3)14-12/h7-10,12,14H,4-6H2,1-3H3. The summed E-state index contributed by atoms with van der Waals surface area (Å²) in [6, 6.07) is 1.13. The van der Waals surface area contributed by atoms with Crippen LogP contribution < -0.4 is 5.32 Å². The lowest BCUT2D eigenvalue weighted by atomic mass is 9.88. The van der Waals surface area contributed by atoms with Gasteiger partial charge in [-0.3, -0.25) is 4.68 Å². The van der Waals surface area contributed by atoms with E-state index in [1.54, 1.807) is 0 Å². The van der Waals surface area contributed by atoms with Crippen molar-refractivity contribution in [3.8, 4) is 0 Å². The lowest BCUT2D eigenvalue weighted by Crippen LogP contribution is -2.37. The van der Waals surface area contributed by atoms with E-state index in [2.05, 4.69) is 37.4 Å². The Morgan fingerprint density at radius 2 is 2.27 bits per heavy atom. The Morgan fingerprint density at radius 3 is 2.87 bits per heavy atom. The van der Waals surface area contributed by atoms with Crippen LogP contribution in [0.25, 0.3) is 0 Å². The van der Waals surface area contributed by atoms with Gasteiger partial charge in [-0.2, -0.15) is 5.10 Å². The van der Waals surface area contributed by atoms with Gasteiger partial charge in [-0.25, -0.2) is 0 Å². The van der Waals surface area contributed by atoms with Crippen molar-refractivity contribution in [2.45, 2.75) is 52.2 Å². The molecule has 0 aromatic carbocycles. The van der Waals surface area contributed by atoms with Crippen LogP contribution in [0.15, 0.2) is 12.4 Å². The Hall–Kier alpha value is -0.830. The van der Waals surface area contributed by atoms with Crippen LogP contribution >= 0.6 is 0 Å². The van der Waals surface area contributed by atoms with Crippen LogP contribution in [0.3, 0.4) is 0 Å². The first-order valence-corrected chi connectivity index (χ1v) is 5.97. The fourth-order valence-corrected chi connectivity index (χ4v) is 2.55. The summed E-state index contributed by atoms with van der Waals surface area (Å²) in [4.78, 5) is 0. The quantitative estimate of drug-likeness (QED) is 0.806. The third kappa shape index (κ3) is 2.40. The number of piperidine rings is 1. The smallest absolute Gasteiger partial charge is 0.0537 e. The second-order valence-corrected chi connectivity index (χ2v) is 4.83. The summed E-state index contributed by atoms with van der Waals surface area (Å²) in [7, 11) is 0. The van der Waals surface area contributed by atoms with E-state index in [4.69, 9.17) is 0 Å². The first kappa shape index (κ1) is 10.7. The van der Waals surface area contributed by atoms with Crippen molar-refractivity contribution in [3.05, 3.63) is 18.0 Å². The average molecular weight is 207 g/mol. The number of aryl methyl sites for hydroxylation is 1. The molecular formula is C12H21N3. The minimum Gasteiger partial charge on any atom is -0.307 e. The molecule has 3 nitrogen and oxygen atoms in total. The molecule has 3 unspecified atom stereocenters. The molecule has 0 spiro atoms. The number of nitrogens with zero attached hydrogens (tertiary/aromatic N) is 2. The summed E-state index contributed by atoms with van der Waals surface area (Å²) in [5.41, 5.74) is 1.34. The SMILES string of the molecule is CCn1cc(C2CC(C)CC(C)N2)cn1. The summed E-state index contributed by atoms with van der Waals surface area (Å²) in [5.74, 6) is 0.816. The first-order chi connectivity index (χ1) is 7.19. The molecule has 15 heavy (non-hydrogen) atoms. The molecule has 1 N–H and O–H groups in total. The van der Waals surface area contributed by atoms with Crippen LogP contribution in [0.4, 0.5) is 0 Å². The lowest BCUT2D eigenvalue weighted by molar-refractivity contribution is 0.269. The van der Waals surface area contributed by atoms with Crippen LogP contribution in [-0.4, -0.2) is 15.8 Å². The van der Waals surface area contributed by atoms with E-state index in [1.807, 2.05) is 10.9 Å². The third-order valence-corrected chi connectivity index (χ3v) is 3.26. The van der Waals surface area contributed by atoms with E-state index in [0.717, 1.165) is 12.5 Å². The molecule has 1 aliphatic heterocycles. The van der Waals surface area contributed by atoms with Crippen molar-refractivity contribution in [1.29, 1.82) is 0 Å². The molecule has 1 aliphatic rings. The Kier molecular flexibility index (Phi) is 3.10. The number of hydrogen-bond acceptors (Lipinski definition) is 2. The second kappa shape index (κ2) is 4.35. The van der Waals surface area contributed by atoms with Crippen LogP contribution in [0, 0.1) is 5.92 Å². The molecule has 84 valence electrons. The van der Waals surface area contributed by atoms with Crippen molar-refractivity contribution in [3.63, 3.8) is 0 Å². The van der Waals surface area contributed by atoms with Crippen LogP contribution in [0.1, 0.15) is 45.2 Å². The molecule has 3 atom stereocenters. The summed E-state index contributed by atoms with van der Waals surface area (Å²) in [5, 5.41) is 7.98. The van der Waals surface area contributed by atoms with E-state index in [1.165, 1.54) is 18.4 Å². The van der Waals surface area contributed by atoms with Crippen LogP contribution in [0.5, 0.6) is 0 Å². The predicted molar refractivity (Wildman–Crippen MR) is 61.6 cm³/mol. The summed E-state index contributed by atoms with van der Waals surface area (Å²) < 4.78 is 2.00. The first-order valence-electron chi connectivity index (χ1n) is 5.97. The van der Waals surface area contributed by atoms with Gasteiger partial charge in [-0.05, 0) is 32.6 Å². The maximum Gasteiger partial charge on any atom is 0.0537 e. The van der Waals surface area contributed by atoms with Crippen molar-refractivity contribution in [1.82, 2.24) is 15.1 Å². The normalized spacial score (nSPS) is 31.8. The van der Waals surface area contributed by atoms with Crippen LogP contribution in [0.2, 0.25) is 0 Å². The molecule has 1 saturated heterocycles. The topological polar surface area (TPSA) is 29.9 Å². The molecule has 0 saturated carbocycles. The third-order valence-electron chi connectivity index (χ3n) is 3.26. The van der Waals surface area contributed by atoms with E-state index in [-0.39, 0.29) is 0 Å². The van der Waals surface area contributed by atoms with Gasteiger partial charge in [0, 0.05) is 30.4 Å². The highest BCUT2D eigenvalue weighted by Crippen LogP contribution is 2.29. The Labute approximate surface area is 91.9 Å². The fourth-order valence-electron chi connectivity index (χ4n) is 2.55. The van der Waals surface area contributed by atoms with E-state index >= 15 is 0 Å². The van der Waals surface area contributed by atoms with E-state index in [9.17, 15) is 0 Å². The number of nitrogens with one attached hydrogen (secondary N) is 1. The van der Waals surface area contributed by atoms with Gasteiger partial charge in [0.05, 0.1) is 6.20 Å².